The molecule has 1 aliphatic heterocycles. The molecular formula is C19H22N2OS2. The van der Waals surface area contributed by atoms with Crippen molar-refractivity contribution in [1.29, 1.82) is 0 Å². The van der Waals surface area contributed by atoms with Crippen LogP contribution in [0.5, 0.6) is 0 Å². The van der Waals surface area contributed by atoms with Crippen LogP contribution in [0.2, 0.25) is 0 Å². The van der Waals surface area contributed by atoms with Gasteiger partial charge in [0.25, 0.3) is 0 Å². The number of hydroxylamine groups is 1. The van der Waals surface area contributed by atoms with Crippen LogP contribution < -0.4 is 5.48 Å². The van der Waals surface area contributed by atoms with Gasteiger partial charge in [0, 0.05) is 17.1 Å². The molecule has 1 aliphatic carbocycles. The molecule has 1 aromatic carbocycles. The second-order valence-electron chi connectivity index (χ2n) is 6.38. The number of hydrogen-bond donors (Lipinski definition) is 1. The summed E-state index contributed by atoms with van der Waals surface area (Å²) in [5.41, 5.74) is 5.41. The van der Waals surface area contributed by atoms with Crippen LogP contribution >= 0.6 is 23.1 Å². The van der Waals surface area contributed by atoms with E-state index in [-0.39, 0.29) is 6.10 Å². The average Bonchev–Trinajstić information content (AvgIpc) is 3.31. The number of nitrogens with zero attached hydrogens (tertiary/aromatic N) is 1. The molecule has 1 saturated carbocycles. The monoisotopic (exact) mass is 358 g/mol. The van der Waals surface area contributed by atoms with E-state index in [2.05, 4.69) is 29.1 Å². The Labute approximate surface area is 151 Å². The van der Waals surface area contributed by atoms with E-state index >= 15 is 0 Å². The van der Waals surface area contributed by atoms with Gasteiger partial charge in [0.2, 0.25) is 0 Å². The van der Waals surface area contributed by atoms with Crippen LogP contribution in [0.1, 0.15) is 60.4 Å². The lowest BCUT2D eigenvalue weighted by Crippen LogP contribution is -2.06. The van der Waals surface area contributed by atoms with Gasteiger partial charge in [0.15, 0.2) is 0 Å². The van der Waals surface area contributed by atoms with Crippen LogP contribution in [0.3, 0.4) is 0 Å². The van der Waals surface area contributed by atoms with Crippen LogP contribution in [0.4, 0.5) is 0 Å². The quantitative estimate of drug-likeness (QED) is 0.761. The number of aromatic nitrogens is 1. The average molecular weight is 359 g/mol. The fourth-order valence-electron chi connectivity index (χ4n) is 3.29. The Hall–Kier alpha value is -1.30. The molecule has 0 amide bonds. The minimum absolute atomic E-state index is 0.00179. The summed E-state index contributed by atoms with van der Waals surface area (Å²) in [6, 6.07) is 10.3. The number of nitrogens with one attached hydrogen (secondary N) is 1. The van der Waals surface area contributed by atoms with Gasteiger partial charge < -0.3 is 0 Å². The van der Waals surface area contributed by atoms with Gasteiger partial charge in [0.1, 0.15) is 6.10 Å². The van der Waals surface area contributed by atoms with E-state index < -0.39 is 0 Å². The minimum atomic E-state index is 0.00179. The molecule has 1 unspecified atom stereocenters. The summed E-state index contributed by atoms with van der Waals surface area (Å²) in [4.78, 5) is 10.5. The molecule has 2 aliphatic rings. The zero-order chi connectivity index (χ0) is 16.2. The number of benzene rings is 1. The first kappa shape index (κ1) is 16.2. The van der Waals surface area contributed by atoms with Gasteiger partial charge in [-0.05, 0) is 24.5 Å². The van der Waals surface area contributed by atoms with Crippen molar-refractivity contribution in [2.24, 2.45) is 0 Å². The molecule has 0 spiro atoms. The molecule has 126 valence electrons. The largest absolute Gasteiger partial charge is 0.263 e. The van der Waals surface area contributed by atoms with Gasteiger partial charge in [0.05, 0.1) is 15.7 Å². The number of rotatable bonds is 5. The normalized spacial score (nSPS) is 21.5. The SMILES string of the molecule is C1=C(SCc2csc(C3CCCCC3)n2)NOC1c1ccccc1. The van der Waals surface area contributed by atoms with Crippen LogP contribution in [0.25, 0.3) is 0 Å². The molecule has 0 bridgehead atoms. The third-order valence-electron chi connectivity index (χ3n) is 4.62. The number of thioether (sulfide) groups is 1. The predicted octanol–water partition coefficient (Wildman–Crippen LogP) is 5.54. The summed E-state index contributed by atoms with van der Waals surface area (Å²) in [5, 5.41) is 4.65. The Balaban J connectivity index is 1.33. The second-order valence-corrected chi connectivity index (χ2v) is 8.29. The van der Waals surface area contributed by atoms with Crippen molar-refractivity contribution in [2.45, 2.75) is 49.9 Å². The van der Waals surface area contributed by atoms with E-state index in [0.29, 0.717) is 5.92 Å². The minimum Gasteiger partial charge on any atom is -0.263 e. The van der Waals surface area contributed by atoms with Crippen LogP contribution in [0.15, 0.2) is 46.8 Å². The van der Waals surface area contributed by atoms with E-state index in [1.54, 1.807) is 11.8 Å². The zero-order valence-electron chi connectivity index (χ0n) is 13.6. The smallest absolute Gasteiger partial charge is 0.131 e. The maximum atomic E-state index is 5.66. The first-order chi connectivity index (χ1) is 11.9. The molecule has 2 aromatic rings. The third kappa shape index (κ3) is 3.85. The lowest BCUT2D eigenvalue weighted by atomic mass is 9.90. The summed E-state index contributed by atoms with van der Waals surface area (Å²) >= 11 is 3.61. The molecule has 3 nitrogen and oxygen atoms in total. The standard InChI is InChI=1S/C19H22N2OS2/c1-3-7-14(8-4-1)17-11-18(21-22-17)23-12-16-13-24-19(20-16)15-9-5-2-6-10-15/h1,3-4,7-8,11,13,15,17,21H,2,5-6,9-10,12H2. The fraction of sp³-hybridized carbons (Fsp3) is 0.421. The first-order valence-corrected chi connectivity index (χ1v) is 10.5. The van der Waals surface area contributed by atoms with Crippen molar-refractivity contribution in [3.05, 3.63) is 63.1 Å². The fourth-order valence-corrected chi connectivity index (χ4v) is 5.16. The Kier molecular flexibility index (Phi) is 5.21. The van der Waals surface area contributed by atoms with Crippen LogP contribution in [0, 0.1) is 0 Å². The molecule has 0 radical (unpaired) electrons. The molecule has 1 fully saturated rings. The summed E-state index contributed by atoms with van der Waals surface area (Å²) in [7, 11) is 0. The highest BCUT2D eigenvalue weighted by molar-refractivity contribution is 8.02. The Morgan fingerprint density at radius 2 is 2.00 bits per heavy atom. The summed E-state index contributed by atoms with van der Waals surface area (Å²) < 4.78 is 0. The van der Waals surface area contributed by atoms with Gasteiger partial charge in [-0.15, -0.1) is 23.1 Å². The van der Waals surface area contributed by atoms with Crippen molar-refractivity contribution in [2.75, 3.05) is 0 Å². The Morgan fingerprint density at radius 3 is 2.83 bits per heavy atom. The lowest BCUT2D eigenvalue weighted by molar-refractivity contribution is 0.0455. The van der Waals surface area contributed by atoms with Gasteiger partial charge >= 0.3 is 0 Å². The van der Waals surface area contributed by atoms with Gasteiger partial charge in [-0.25, -0.2) is 4.98 Å². The van der Waals surface area contributed by atoms with E-state index in [1.165, 1.54) is 48.4 Å². The van der Waals surface area contributed by atoms with Crippen molar-refractivity contribution in [3.63, 3.8) is 0 Å². The third-order valence-corrected chi connectivity index (χ3v) is 6.64. The highest BCUT2D eigenvalue weighted by Gasteiger charge is 2.20. The van der Waals surface area contributed by atoms with Crippen molar-refractivity contribution < 1.29 is 4.84 Å². The van der Waals surface area contributed by atoms with Crippen LogP contribution in [-0.4, -0.2) is 4.98 Å². The highest BCUT2D eigenvalue weighted by atomic mass is 32.2. The topological polar surface area (TPSA) is 34.2 Å². The predicted molar refractivity (Wildman–Crippen MR) is 101 cm³/mol. The molecule has 5 heteroatoms. The van der Waals surface area contributed by atoms with E-state index in [4.69, 9.17) is 9.82 Å². The molecule has 24 heavy (non-hydrogen) atoms. The molecule has 2 heterocycles. The summed E-state index contributed by atoms with van der Waals surface area (Å²) in [5.74, 6) is 1.60. The summed E-state index contributed by atoms with van der Waals surface area (Å²) in [6.07, 6.45) is 8.91. The second kappa shape index (κ2) is 7.72. The molecule has 1 aromatic heterocycles. The zero-order valence-corrected chi connectivity index (χ0v) is 15.2. The Morgan fingerprint density at radius 1 is 1.17 bits per heavy atom. The summed E-state index contributed by atoms with van der Waals surface area (Å²) in [6.45, 7) is 0. The molecule has 1 atom stereocenters. The maximum absolute atomic E-state index is 5.66. The van der Waals surface area contributed by atoms with Gasteiger partial charge in [-0.1, -0.05) is 49.6 Å². The molecule has 1 N–H and O–H groups in total. The van der Waals surface area contributed by atoms with Crippen LogP contribution in [-0.2, 0) is 10.6 Å². The van der Waals surface area contributed by atoms with Gasteiger partial charge in [-0.2, -0.15) is 0 Å². The van der Waals surface area contributed by atoms with Gasteiger partial charge in [-0.3, -0.25) is 10.3 Å². The van der Waals surface area contributed by atoms with E-state index in [1.807, 2.05) is 29.5 Å². The van der Waals surface area contributed by atoms with Crippen molar-refractivity contribution in [1.82, 2.24) is 10.5 Å². The molecule has 0 saturated heterocycles. The number of thiazole rings is 1. The van der Waals surface area contributed by atoms with E-state index in [0.717, 1.165) is 10.8 Å². The molecular weight excluding hydrogens is 336 g/mol. The number of hydrogen-bond acceptors (Lipinski definition) is 5. The molecule has 4 rings (SSSR count). The highest BCUT2D eigenvalue weighted by Crippen LogP contribution is 2.35. The lowest BCUT2D eigenvalue weighted by Gasteiger charge is -2.18. The first-order valence-electron chi connectivity index (χ1n) is 8.64. The van der Waals surface area contributed by atoms with Crippen molar-refractivity contribution >= 4 is 23.1 Å². The van der Waals surface area contributed by atoms with E-state index in [9.17, 15) is 0 Å². The maximum Gasteiger partial charge on any atom is 0.131 e. The Bertz CT molecular complexity index is 692. The van der Waals surface area contributed by atoms with Crippen molar-refractivity contribution in [3.8, 4) is 0 Å².